The minimum Gasteiger partial charge on any atom is -0.366 e. The number of rotatable bonds is 8. The zero-order chi connectivity index (χ0) is 19.9. The van der Waals surface area contributed by atoms with Gasteiger partial charge in [0.1, 0.15) is 6.10 Å². The maximum Gasteiger partial charge on any atom is 0.108 e. The van der Waals surface area contributed by atoms with Crippen LogP contribution in [0.3, 0.4) is 0 Å². The fourth-order valence-electron chi connectivity index (χ4n) is 4.52. The lowest BCUT2D eigenvalue weighted by Crippen LogP contribution is -2.20. The van der Waals surface area contributed by atoms with E-state index in [0.29, 0.717) is 0 Å². The molecular weight excluding hydrogens is 354 g/mol. The largest absolute Gasteiger partial charge is 0.366 e. The molecule has 29 heavy (non-hydrogen) atoms. The molecule has 1 aromatic heterocycles. The predicted molar refractivity (Wildman–Crippen MR) is 119 cm³/mol. The van der Waals surface area contributed by atoms with Crippen molar-refractivity contribution in [1.82, 2.24) is 4.98 Å². The van der Waals surface area contributed by atoms with Crippen LogP contribution >= 0.6 is 0 Å². The quantitative estimate of drug-likeness (QED) is 0.438. The number of pyridine rings is 1. The zero-order valence-electron chi connectivity index (χ0n) is 17.3. The summed E-state index contributed by atoms with van der Waals surface area (Å²) in [4.78, 5) is 4.18. The van der Waals surface area contributed by atoms with Crippen LogP contribution in [0.25, 0.3) is 0 Å². The molecule has 3 unspecified atom stereocenters. The SMILES string of the molecule is CCC(CCC1CCc2ccccc2C1)OC(c1ccccc1)c1ccncc1. The van der Waals surface area contributed by atoms with Crippen LogP contribution in [0.15, 0.2) is 79.1 Å². The Hall–Kier alpha value is -2.45. The number of fused-ring (bicyclic) bond motifs is 1. The number of hydrogen-bond donors (Lipinski definition) is 0. The highest BCUT2D eigenvalue weighted by Gasteiger charge is 2.22. The lowest BCUT2D eigenvalue weighted by Gasteiger charge is -2.28. The Labute approximate surface area is 175 Å². The topological polar surface area (TPSA) is 22.1 Å². The number of benzene rings is 2. The molecule has 0 aliphatic heterocycles. The third-order valence-electron chi connectivity index (χ3n) is 6.24. The van der Waals surface area contributed by atoms with Crippen LogP contribution in [0.5, 0.6) is 0 Å². The molecule has 2 nitrogen and oxygen atoms in total. The molecule has 4 rings (SSSR count). The van der Waals surface area contributed by atoms with Gasteiger partial charge in [0.05, 0.1) is 6.10 Å². The Bertz CT molecular complexity index is 838. The van der Waals surface area contributed by atoms with Crippen LogP contribution < -0.4 is 0 Å². The second-order valence-corrected chi connectivity index (χ2v) is 8.19. The first-order chi connectivity index (χ1) is 14.3. The van der Waals surface area contributed by atoms with E-state index in [1.807, 2.05) is 12.4 Å². The Morgan fingerprint density at radius 3 is 2.34 bits per heavy atom. The van der Waals surface area contributed by atoms with Crippen molar-refractivity contribution >= 4 is 0 Å². The first-order valence-corrected chi connectivity index (χ1v) is 11.0. The average Bonchev–Trinajstić information content (AvgIpc) is 2.80. The lowest BCUT2D eigenvalue weighted by atomic mass is 9.81. The van der Waals surface area contributed by atoms with Gasteiger partial charge >= 0.3 is 0 Å². The van der Waals surface area contributed by atoms with E-state index in [1.54, 1.807) is 11.1 Å². The second-order valence-electron chi connectivity index (χ2n) is 8.19. The third kappa shape index (κ3) is 5.13. The molecule has 3 aromatic rings. The molecule has 3 atom stereocenters. The summed E-state index contributed by atoms with van der Waals surface area (Å²) in [5.74, 6) is 0.777. The summed E-state index contributed by atoms with van der Waals surface area (Å²) in [7, 11) is 0. The minimum absolute atomic E-state index is 0.0313. The van der Waals surface area contributed by atoms with Crippen molar-refractivity contribution in [3.8, 4) is 0 Å². The van der Waals surface area contributed by atoms with Crippen molar-refractivity contribution < 1.29 is 4.74 Å². The van der Waals surface area contributed by atoms with Crippen LogP contribution in [-0.2, 0) is 17.6 Å². The molecule has 0 N–H and O–H groups in total. The van der Waals surface area contributed by atoms with Gasteiger partial charge in [-0.2, -0.15) is 0 Å². The molecule has 1 aliphatic rings. The van der Waals surface area contributed by atoms with E-state index in [-0.39, 0.29) is 12.2 Å². The van der Waals surface area contributed by atoms with Gasteiger partial charge in [0.25, 0.3) is 0 Å². The molecule has 0 radical (unpaired) electrons. The molecule has 0 spiro atoms. The van der Waals surface area contributed by atoms with Gasteiger partial charge in [0.2, 0.25) is 0 Å². The zero-order valence-corrected chi connectivity index (χ0v) is 17.3. The summed E-state index contributed by atoms with van der Waals surface area (Å²) in [6.45, 7) is 2.25. The summed E-state index contributed by atoms with van der Waals surface area (Å²) in [6.07, 6.45) is 11.1. The van der Waals surface area contributed by atoms with E-state index < -0.39 is 0 Å². The lowest BCUT2D eigenvalue weighted by molar-refractivity contribution is -0.00219. The highest BCUT2D eigenvalue weighted by Crippen LogP contribution is 2.32. The summed E-state index contributed by atoms with van der Waals surface area (Å²) >= 11 is 0. The Kier molecular flexibility index (Phi) is 6.74. The minimum atomic E-state index is -0.0313. The first-order valence-electron chi connectivity index (χ1n) is 11.0. The van der Waals surface area contributed by atoms with Gasteiger partial charge in [-0.15, -0.1) is 0 Å². The van der Waals surface area contributed by atoms with Gasteiger partial charge in [0, 0.05) is 12.4 Å². The Morgan fingerprint density at radius 1 is 0.897 bits per heavy atom. The molecule has 1 aliphatic carbocycles. The molecule has 0 fully saturated rings. The summed E-state index contributed by atoms with van der Waals surface area (Å²) in [5.41, 5.74) is 5.49. The van der Waals surface area contributed by atoms with Crippen molar-refractivity contribution in [2.24, 2.45) is 5.92 Å². The highest BCUT2D eigenvalue weighted by atomic mass is 16.5. The summed E-state index contributed by atoms with van der Waals surface area (Å²) in [5, 5.41) is 0. The van der Waals surface area contributed by atoms with Gasteiger partial charge < -0.3 is 4.74 Å². The molecule has 2 heteroatoms. The molecule has 0 saturated heterocycles. The maximum absolute atomic E-state index is 6.70. The highest BCUT2D eigenvalue weighted by molar-refractivity contribution is 5.30. The van der Waals surface area contributed by atoms with Crippen LogP contribution in [-0.4, -0.2) is 11.1 Å². The summed E-state index contributed by atoms with van der Waals surface area (Å²) in [6, 6.07) is 23.7. The van der Waals surface area contributed by atoms with E-state index >= 15 is 0 Å². The average molecular weight is 386 g/mol. The van der Waals surface area contributed by atoms with Gasteiger partial charge in [-0.05, 0) is 78.8 Å². The van der Waals surface area contributed by atoms with Gasteiger partial charge in [0.15, 0.2) is 0 Å². The van der Waals surface area contributed by atoms with E-state index in [0.717, 1.165) is 18.8 Å². The Balaban J connectivity index is 1.41. The number of hydrogen-bond acceptors (Lipinski definition) is 2. The molecule has 2 aromatic carbocycles. The standard InChI is InChI=1S/C27H31NO/c1-2-26(15-13-21-12-14-22-8-6-7-11-25(22)20-21)29-27(23-9-4-3-5-10-23)24-16-18-28-19-17-24/h3-11,16-19,21,26-27H,2,12-15,20H2,1H3. The smallest absolute Gasteiger partial charge is 0.108 e. The van der Waals surface area contributed by atoms with Gasteiger partial charge in [-0.25, -0.2) is 0 Å². The van der Waals surface area contributed by atoms with Crippen molar-refractivity contribution in [3.63, 3.8) is 0 Å². The van der Waals surface area contributed by atoms with Gasteiger partial charge in [-0.3, -0.25) is 4.98 Å². The third-order valence-corrected chi connectivity index (χ3v) is 6.24. The van der Waals surface area contributed by atoms with Crippen LogP contribution in [0.1, 0.15) is 61.0 Å². The molecule has 1 heterocycles. The molecule has 0 saturated carbocycles. The monoisotopic (exact) mass is 385 g/mol. The van der Waals surface area contributed by atoms with Crippen LogP contribution in [0.4, 0.5) is 0 Å². The first kappa shape index (κ1) is 19.8. The fourth-order valence-corrected chi connectivity index (χ4v) is 4.52. The number of nitrogens with zero attached hydrogens (tertiary/aromatic N) is 1. The van der Waals surface area contributed by atoms with Crippen molar-refractivity contribution in [2.75, 3.05) is 0 Å². The van der Waals surface area contributed by atoms with E-state index in [2.05, 4.69) is 78.6 Å². The second kappa shape index (κ2) is 9.84. The number of aromatic nitrogens is 1. The number of ether oxygens (including phenoxy) is 1. The van der Waals surface area contributed by atoms with Crippen molar-refractivity contribution in [3.05, 3.63) is 101 Å². The predicted octanol–water partition coefficient (Wildman–Crippen LogP) is 6.55. The van der Waals surface area contributed by atoms with Crippen LogP contribution in [0, 0.1) is 5.92 Å². The van der Waals surface area contributed by atoms with Crippen LogP contribution in [0.2, 0.25) is 0 Å². The molecule has 0 bridgehead atoms. The van der Waals surface area contributed by atoms with Crippen molar-refractivity contribution in [1.29, 1.82) is 0 Å². The molecular formula is C27H31NO. The normalized spacial score (nSPS) is 18.0. The van der Waals surface area contributed by atoms with E-state index in [4.69, 9.17) is 4.74 Å². The number of aryl methyl sites for hydroxylation is 1. The Morgan fingerprint density at radius 2 is 1.59 bits per heavy atom. The van der Waals surface area contributed by atoms with E-state index in [9.17, 15) is 0 Å². The van der Waals surface area contributed by atoms with Gasteiger partial charge in [-0.1, -0.05) is 61.5 Å². The fraction of sp³-hybridized carbons (Fsp3) is 0.370. The molecule has 150 valence electrons. The maximum atomic E-state index is 6.70. The van der Waals surface area contributed by atoms with Crippen molar-refractivity contribution in [2.45, 2.75) is 57.7 Å². The van der Waals surface area contributed by atoms with E-state index in [1.165, 1.54) is 36.8 Å². The summed E-state index contributed by atoms with van der Waals surface area (Å²) < 4.78 is 6.70. The molecule has 0 amide bonds.